The van der Waals surface area contributed by atoms with E-state index in [4.69, 9.17) is 37.9 Å². The maximum Gasteiger partial charge on any atom is 0.303 e. The van der Waals surface area contributed by atoms with E-state index < -0.39 is 98.5 Å². The van der Waals surface area contributed by atoms with Gasteiger partial charge in [0, 0.05) is 27.7 Å². The molecule has 15 nitrogen and oxygen atoms in total. The average molecular weight is 921 g/mol. The van der Waals surface area contributed by atoms with E-state index in [2.05, 4.69) is 55.4 Å². The second-order valence-corrected chi connectivity index (χ2v) is 23.5. The van der Waals surface area contributed by atoms with E-state index in [0.29, 0.717) is 35.0 Å². The van der Waals surface area contributed by atoms with Crippen LogP contribution in [0.3, 0.4) is 0 Å². The van der Waals surface area contributed by atoms with Gasteiger partial charge >= 0.3 is 23.9 Å². The summed E-state index contributed by atoms with van der Waals surface area (Å²) in [5.74, 6) is -1.28. The number of hydrogen-bond acceptors (Lipinski definition) is 15. The van der Waals surface area contributed by atoms with Crippen LogP contribution in [0.15, 0.2) is 0 Å². The molecule has 7 aliphatic rings. The van der Waals surface area contributed by atoms with Crippen molar-refractivity contribution < 1.29 is 72.4 Å². The summed E-state index contributed by atoms with van der Waals surface area (Å²) < 4.78 is 47.8. The summed E-state index contributed by atoms with van der Waals surface area (Å²) in [6.07, 6.45) is -2.49. The predicted molar refractivity (Wildman–Crippen MR) is 234 cm³/mol. The largest absolute Gasteiger partial charge is 0.463 e. The van der Waals surface area contributed by atoms with Crippen LogP contribution in [0.5, 0.6) is 0 Å². The fraction of sp³-hybridized carbons (Fsp3) is 0.920. The first kappa shape index (κ1) is 50.5. The van der Waals surface area contributed by atoms with E-state index in [-0.39, 0.29) is 33.7 Å². The molecule has 370 valence electrons. The molecule has 0 radical (unpaired) electrons. The molecule has 5 aliphatic carbocycles. The molecule has 0 bridgehead atoms. The lowest BCUT2D eigenvalue weighted by atomic mass is 9.30. The molecule has 0 spiro atoms. The Balaban J connectivity index is 1.15. The molecule has 0 amide bonds. The molecular weight excluding hydrogens is 841 g/mol. The van der Waals surface area contributed by atoms with E-state index in [0.717, 1.165) is 40.0 Å². The van der Waals surface area contributed by atoms with Crippen LogP contribution in [0, 0.1) is 56.2 Å². The van der Waals surface area contributed by atoms with Crippen LogP contribution in [0.25, 0.3) is 0 Å². The van der Waals surface area contributed by atoms with Crippen molar-refractivity contribution in [1.29, 1.82) is 0 Å². The summed E-state index contributed by atoms with van der Waals surface area (Å²) >= 11 is 0. The van der Waals surface area contributed by atoms with Gasteiger partial charge in [-0.2, -0.15) is 0 Å². The highest BCUT2D eigenvalue weighted by Crippen LogP contribution is 2.78. The topological polar surface area (TPSA) is 203 Å². The Kier molecular flexibility index (Phi) is 14.1. The number of hydrogen-bond donors (Lipinski definition) is 3. The van der Waals surface area contributed by atoms with Gasteiger partial charge in [-0.15, -0.1) is 0 Å². The molecule has 15 heteroatoms. The van der Waals surface area contributed by atoms with Crippen LogP contribution in [0.2, 0.25) is 0 Å². The SMILES string of the molecule is CC(=O)OC[C@H]1O[C@@H](O[C@H]2[C@H](O[C@H]3CC[C@@H]4[C@](C)(CC[C@H]5[C@@]4(C)CC[C@@]4(C)[C@@H]6CC(C)(C)CC[C@]6(C)CC[C@]54C)[C@H]3C)O[C@H](CO)[C@@H](O)[C@@H]2O)[C@H](OC(C)=O)[C@@H](OC(C)=O)[C@H]1OC(C)=O. The van der Waals surface area contributed by atoms with E-state index in [1.807, 2.05) is 0 Å². The van der Waals surface area contributed by atoms with E-state index >= 15 is 0 Å². The average Bonchev–Trinajstić information content (AvgIpc) is 3.21. The minimum absolute atomic E-state index is 0.0421. The molecule has 65 heavy (non-hydrogen) atoms. The molecule has 2 heterocycles. The van der Waals surface area contributed by atoms with Crippen LogP contribution < -0.4 is 0 Å². The van der Waals surface area contributed by atoms with Gasteiger partial charge in [-0.3, -0.25) is 19.2 Å². The lowest BCUT2D eigenvalue weighted by molar-refractivity contribution is -0.376. The normalized spacial score (nSPS) is 49.1. The van der Waals surface area contributed by atoms with Crippen molar-refractivity contribution in [2.45, 2.75) is 221 Å². The third kappa shape index (κ3) is 8.92. The van der Waals surface area contributed by atoms with Crippen molar-refractivity contribution in [3.63, 3.8) is 0 Å². The van der Waals surface area contributed by atoms with Crippen LogP contribution in [-0.4, -0.2) is 120 Å². The number of aliphatic hydroxyl groups is 3. The standard InChI is InChI=1S/C50H80O15/c1-26-31(13-14-34-47(26,9)16-15-35-48(34,10)20-22-50(12)36-23-45(6,7)17-18-46(36,8)19-21-49(35,50)11)62-43-40(38(57)37(56)32(24-51)63-43)65-44-42(61-30(5)55)41(60-29(4)54)39(59-28(3)53)33(64-44)25-58-27(2)52/h26,31-44,51,56-57H,13-25H2,1-12H3/t26-,31-,32+,33+,34+,35-,36+,37+,38-,39-,40+,41-,42+,43+,44-,46+,47+,48-,49+,50-/m0/s1. The van der Waals surface area contributed by atoms with Gasteiger partial charge in [0.05, 0.1) is 12.7 Å². The van der Waals surface area contributed by atoms with Gasteiger partial charge in [-0.05, 0) is 127 Å². The fourth-order valence-corrected chi connectivity index (χ4v) is 15.5. The fourth-order valence-electron chi connectivity index (χ4n) is 15.5. The predicted octanol–water partition coefficient (Wildman–Crippen LogP) is 6.18. The Morgan fingerprint density at radius 3 is 1.77 bits per heavy atom. The highest BCUT2D eigenvalue weighted by molar-refractivity contribution is 5.68. The zero-order valence-electron chi connectivity index (χ0n) is 41.1. The van der Waals surface area contributed by atoms with Crippen molar-refractivity contribution in [3.05, 3.63) is 0 Å². The summed E-state index contributed by atoms with van der Waals surface area (Å²) in [5, 5.41) is 33.3. The Morgan fingerprint density at radius 2 is 1.14 bits per heavy atom. The first-order valence-electron chi connectivity index (χ1n) is 24.5. The number of aliphatic hydroxyl groups excluding tert-OH is 3. The Labute approximate surface area is 386 Å². The molecule has 7 fully saturated rings. The lowest BCUT2D eigenvalue weighted by Crippen LogP contribution is -2.68. The maximum absolute atomic E-state index is 12.6. The molecule has 3 N–H and O–H groups in total. The number of ether oxygens (including phenoxy) is 8. The summed E-state index contributed by atoms with van der Waals surface area (Å²) in [4.78, 5) is 49.4. The van der Waals surface area contributed by atoms with Crippen molar-refractivity contribution in [2.24, 2.45) is 56.2 Å². The third-order valence-corrected chi connectivity index (χ3v) is 19.3. The Morgan fingerprint density at radius 1 is 0.569 bits per heavy atom. The summed E-state index contributed by atoms with van der Waals surface area (Å²) in [6, 6.07) is 0. The Bertz CT molecular complexity index is 1790. The van der Waals surface area contributed by atoms with Crippen LogP contribution in [-0.2, 0) is 57.1 Å². The van der Waals surface area contributed by atoms with Gasteiger partial charge in [0.25, 0.3) is 0 Å². The second-order valence-electron chi connectivity index (χ2n) is 23.5. The number of rotatable bonds is 10. The Hall–Kier alpha value is -2.40. The van der Waals surface area contributed by atoms with Gasteiger partial charge in [-0.25, -0.2) is 0 Å². The molecule has 20 atom stereocenters. The van der Waals surface area contributed by atoms with Gasteiger partial charge < -0.3 is 53.2 Å². The highest BCUT2D eigenvalue weighted by atomic mass is 16.8. The van der Waals surface area contributed by atoms with Crippen molar-refractivity contribution in [3.8, 4) is 0 Å². The van der Waals surface area contributed by atoms with Crippen molar-refractivity contribution in [2.75, 3.05) is 13.2 Å². The summed E-state index contributed by atoms with van der Waals surface area (Å²) in [6.45, 7) is 23.6. The van der Waals surface area contributed by atoms with Gasteiger partial charge in [0.1, 0.15) is 37.1 Å². The van der Waals surface area contributed by atoms with Crippen LogP contribution in [0.1, 0.15) is 154 Å². The van der Waals surface area contributed by atoms with E-state index in [9.17, 15) is 34.5 Å². The van der Waals surface area contributed by atoms with Crippen LogP contribution in [0.4, 0.5) is 0 Å². The molecule has 2 aliphatic heterocycles. The monoisotopic (exact) mass is 921 g/mol. The minimum atomic E-state index is -1.71. The van der Waals surface area contributed by atoms with Crippen molar-refractivity contribution in [1.82, 2.24) is 0 Å². The quantitative estimate of drug-likeness (QED) is 0.127. The molecule has 2 saturated heterocycles. The van der Waals surface area contributed by atoms with E-state index in [1.54, 1.807) is 0 Å². The van der Waals surface area contributed by atoms with Gasteiger partial charge in [-0.1, -0.05) is 55.4 Å². The van der Waals surface area contributed by atoms with Gasteiger partial charge in [0.15, 0.2) is 30.9 Å². The third-order valence-electron chi connectivity index (χ3n) is 19.3. The first-order chi connectivity index (χ1) is 30.2. The lowest BCUT2D eigenvalue weighted by Gasteiger charge is -2.75. The highest BCUT2D eigenvalue weighted by Gasteiger charge is 2.71. The van der Waals surface area contributed by atoms with E-state index in [1.165, 1.54) is 51.9 Å². The van der Waals surface area contributed by atoms with Crippen LogP contribution >= 0.6 is 0 Å². The summed E-state index contributed by atoms with van der Waals surface area (Å²) in [7, 11) is 0. The first-order valence-corrected chi connectivity index (χ1v) is 24.5. The number of fused-ring (bicyclic) bond motifs is 7. The zero-order chi connectivity index (χ0) is 47.8. The molecular formula is C50H80O15. The molecule has 7 rings (SSSR count). The molecule has 0 aromatic heterocycles. The zero-order valence-corrected chi connectivity index (χ0v) is 41.1. The molecule has 0 unspecified atom stereocenters. The second kappa shape index (κ2) is 18.2. The molecule has 5 saturated carbocycles. The number of esters is 4. The molecule has 0 aromatic carbocycles. The van der Waals surface area contributed by atoms with Crippen molar-refractivity contribution >= 4 is 23.9 Å². The summed E-state index contributed by atoms with van der Waals surface area (Å²) in [5.41, 5.74) is 1.33. The maximum atomic E-state index is 12.6. The number of carbonyl (C=O) groups is 4. The smallest absolute Gasteiger partial charge is 0.303 e. The molecule has 0 aromatic rings. The minimum Gasteiger partial charge on any atom is -0.463 e. The van der Waals surface area contributed by atoms with Gasteiger partial charge in [0.2, 0.25) is 0 Å². The number of carbonyl (C=O) groups excluding carboxylic acids is 4.